The molecule has 1 aliphatic rings. The number of nitrogens with one attached hydrogen (secondary N) is 1. The third-order valence-electron chi connectivity index (χ3n) is 4.58. The summed E-state index contributed by atoms with van der Waals surface area (Å²) in [5.74, 6) is -0.558. The molecule has 7 nitrogen and oxygen atoms in total. The molecule has 0 saturated heterocycles. The zero-order valence-corrected chi connectivity index (χ0v) is 17.1. The Morgan fingerprint density at radius 2 is 1.77 bits per heavy atom. The number of anilines is 1. The van der Waals surface area contributed by atoms with E-state index < -0.39 is 29.3 Å². The number of fused-ring (bicyclic) bond motifs is 1. The molecular formula is C20H23F3N4O3. The van der Waals surface area contributed by atoms with Crippen molar-refractivity contribution in [1.82, 2.24) is 14.7 Å². The van der Waals surface area contributed by atoms with Gasteiger partial charge in [-0.25, -0.2) is 4.79 Å². The smallest absolute Gasteiger partial charge is 0.416 e. The van der Waals surface area contributed by atoms with Crippen molar-refractivity contribution in [2.75, 3.05) is 11.9 Å². The van der Waals surface area contributed by atoms with Crippen molar-refractivity contribution in [3.8, 4) is 0 Å². The van der Waals surface area contributed by atoms with Gasteiger partial charge in [-0.1, -0.05) is 0 Å². The van der Waals surface area contributed by atoms with Crippen molar-refractivity contribution in [2.45, 2.75) is 45.5 Å². The highest BCUT2D eigenvalue weighted by Gasteiger charge is 2.32. The van der Waals surface area contributed by atoms with Crippen LogP contribution in [0.3, 0.4) is 0 Å². The Balaban J connectivity index is 1.78. The van der Waals surface area contributed by atoms with Crippen molar-refractivity contribution < 1.29 is 27.5 Å². The minimum absolute atomic E-state index is 0.126. The van der Waals surface area contributed by atoms with E-state index in [9.17, 15) is 22.8 Å². The lowest BCUT2D eigenvalue weighted by Gasteiger charge is -2.30. The summed E-state index contributed by atoms with van der Waals surface area (Å²) in [4.78, 5) is 26.6. The molecule has 0 saturated carbocycles. The third-order valence-corrected chi connectivity index (χ3v) is 4.58. The fourth-order valence-corrected chi connectivity index (χ4v) is 3.19. The van der Waals surface area contributed by atoms with Gasteiger partial charge in [-0.2, -0.15) is 18.3 Å². The molecule has 0 bridgehead atoms. The Hall–Kier alpha value is -3.04. The van der Waals surface area contributed by atoms with Crippen LogP contribution < -0.4 is 5.32 Å². The average molecular weight is 424 g/mol. The normalized spacial score (nSPS) is 14.3. The molecule has 1 aromatic carbocycles. The first-order chi connectivity index (χ1) is 13.8. The first-order valence-corrected chi connectivity index (χ1v) is 9.36. The first-order valence-electron chi connectivity index (χ1n) is 9.36. The fourth-order valence-electron chi connectivity index (χ4n) is 3.19. The van der Waals surface area contributed by atoms with Crippen LogP contribution in [-0.2, 0) is 30.9 Å². The Labute approximate surface area is 171 Å². The van der Waals surface area contributed by atoms with E-state index in [2.05, 4.69) is 10.4 Å². The molecule has 1 N–H and O–H groups in total. The summed E-state index contributed by atoms with van der Waals surface area (Å²) in [6.45, 7) is 5.91. The number of hydrogen-bond acceptors (Lipinski definition) is 4. The van der Waals surface area contributed by atoms with Gasteiger partial charge in [0.25, 0.3) is 5.91 Å². The van der Waals surface area contributed by atoms with E-state index in [-0.39, 0.29) is 17.9 Å². The van der Waals surface area contributed by atoms with Gasteiger partial charge < -0.3 is 15.0 Å². The maximum absolute atomic E-state index is 12.7. The number of aromatic nitrogens is 2. The van der Waals surface area contributed by atoms with Gasteiger partial charge in [0.1, 0.15) is 5.60 Å². The Morgan fingerprint density at radius 3 is 2.33 bits per heavy atom. The predicted octanol–water partition coefficient (Wildman–Crippen LogP) is 3.98. The first kappa shape index (κ1) is 21.7. The van der Waals surface area contributed by atoms with E-state index in [0.717, 1.165) is 17.8 Å². The van der Waals surface area contributed by atoms with Gasteiger partial charge in [0, 0.05) is 37.0 Å². The van der Waals surface area contributed by atoms with Crippen LogP contribution in [0.4, 0.5) is 23.7 Å². The van der Waals surface area contributed by atoms with Crippen molar-refractivity contribution >= 4 is 17.7 Å². The molecule has 2 heterocycles. The number of benzene rings is 1. The molecular weight excluding hydrogens is 401 g/mol. The van der Waals surface area contributed by atoms with Crippen LogP contribution in [0.2, 0.25) is 0 Å². The standard InChI is InChI=1S/C20H23F3N4O3/c1-19(2,3)30-18(29)27-10-9-15-14(11-27)16(25-26(15)4)17(28)24-13-7-5-12(6-8-13)20(21,22)23/h5-8H,9-11H2,1-4H3,(H,24,28). The van der Waals surface area contributed by atoms with Gasteiger partial charge in [-0.3, -0.25) is 9.48 Å². The summed E-state index contributed by atoms with van der Waals surface area (Å²) >= 11 is 0. The van der Waals surface area contributed by atoms with Crippen LogP contribution in [0, 0.1) is 0 Å². The van der Waals surface area contributed by atoms with Crippen LogP contribution in [0.15, 0.2) is 24.3 Å². The quantitative estimate of drug-likeness (QED) is 0.791. The van der Waals surface area contributed by atoms with E-state index in [0.29, 0.717) is 18.5 Å². The van der Waals surface area contributed by atoms with Crippen LogP contribution in [0.5, 0.6) is 0 Å². The average Bonchev–Trinajstić information content (AvgIpc) is 2.96. The molecule has 1 aliphatic heterocycles. The second-order valence-corrected chi connectivity index (χ2v) is 8.08. The van der Waals surface area contributed by atoms with Crippen molar-refractivity contribution in [1.29, 1.82) is 0 Å². The van der Waals surface area contributed by atoms with E-state index in [1.165, 1.54) is 17.0 Å². The summed E-state index contributed by atoms with van der Waals surface area (Å²) in [6.07, 6.45) is -4.43. The van der Waals surface area contributed by atoms with E-state index in [4.69, 9.17) is 4.74 Å². The van der Waals surface area contributed by atoms with Gasteiger partial charge in [-0.05, 0) is 45.0 Å². The third kappa shape index (κ3) is 4.74. The monoisotopic (exact) mass is 424 g/mol. The van der Waals surface area contributed by atoms with Gasteiger partial charge in [0.2, 0.25) is 0 Å². The topological polar surface area (TPSA) is 76.5 Å². The summed E-state index contributed by atoms with van der Waals surface area (Å²) < 4.78 is 45.1. The molecule has 0 aliphatic carbocycles. The van der Waals surface area contributed by atoms with Crippen molar-refractivity contribution in [3.63, 3.8) is 0 Å². The number of carbonyl (C=O) groups is 2. The number of aryl methyl sites for hydroxylation is 1. The minimum atomic E-state index is -4.45. The highest BCUT2D eigenvalue weighted by atomic mass is 19.4. The van der Waals surface area contributed by atoms with Crippen molar-refractivity contribution in [2.24, 2.45) is 7.05 Å². The molecule has 1 aromatic heterocycles. The molecule has 0 fully saturated rings. The summed E-state index contributed by atoms with van der Waals surface area (Å²) in [6, 6.07) is 4.16. The predicted molar refractivity (Wildman–Crippen MR) is 103 cm³/mol. The molecule has 2 amide bonds. The molecule has 2 aromatic rings. The molecule has 162 valence electrons. The second kappa shape index (κ2) is 7.66. The molecule has 10 heteroatoms. The number of rotatable bonds is 2. The molecule has 30 heavy (non-hydrogen) atoms. The largest absolute Gasteiger partial charge is 0.444 e. The van der Waals surface area contributed by atoms with Crippen LogP contribution in [-0.4, -0.2) is 38.8 Å². The number of carbonyl (C=O) groups excluding carboxylic acids is 2. The minimum Gasteiger partial charge on any atom is -0.444 e. The maximum Gasteiger partial charge on any atom is 0.416 e. The maximum atomic E-state index is 12.7. The lowest BCUT2D eigenvalue weighted by molar-refractivity contribution is -0.137. The second-order valence-electron chi connectivity index (χ2n) is 8.08. The lowest BCUT2D eigenvalue weighted by atomic mass is 10.0. The van der Waals surface area contributed by atoms with Gasteiger partial charge in [0.15, 0.2) is 5.69 Å². The van der Waals surface area contributed by atoms with Gasteiger partial charge >= 0.3 is 12.3 Å². The molecule has 3 rings (SSSR count). The number of ether oxygens (including phenoxy) is 1. The zero-order valence-electron chi connectivity index (χ0n) is 17.1. The van der Waals surface area contributed by atoms with Crippen LogP contribution >= 0.6 is 0 Å². The Morgan fingerprint density at radius 1 is 1.13 bits per heavy atom. The van der Waals surface area contributed by atoms with E-state index in [1.807, 2.05) is 0 Å². The highest BCUT2D eigenvalue weighted by molar-refractivity contribution is 6.04. The van der Waals surface area contributed by atoms with E-state index in [1.54, 1.807) is 32.5 Å². The Kier molecular flexibility index (Phi) is 5.53. The summed E-state index contributed by atoms with van der Waals surface area (Å²) in [7, 11) is 1.71. The molecule has 0 atom stereocenters. The molecule has 0 spiro atoms. The fraction of sp³-hybridized carbons (Fsp3) is 0.450. The zero-order chi connectivity index (χ0) is 22.3. The van der Waals surface area contributed by atoms with Crippen LogP contribution in [0.25, 0.3) is 0 Å². The number of alkyl halides is 3. The number of nitrogens with zero attached hydrogens (tertiary/aromatic N) is 3. The summed E-state index contributed by atoms with van der Waals surface area (Å²) in [5.41, 5.74) is 0.317. The molecule has 0 radical (unpaired) electrons. The Bertz CT molecular complexity index is 959. The SMILES string of the molecule is Cn1nc(C(=O)Nc2ccc(C(F)(F)F)cc2)c2c1CCN(C(=O)OC(C)(C)C)C2. The number of hydrogen-bond donors (Lipinski definition) is 1. The highest BCUT2D eigenvalue weighted by Crippen LogP contribution is 2.30. The summed E-state index contributed by atoms with van der Waals surface area (Å²) in [5, 5.41) is 6.83. The number of halogens is 3. The number of amides is 2. The van der Waals surface area contributed by atoms with Crippen molar-refractivity contribution in [3.05, 3.63) is 46.8 Å². The van der Waals surface area contributed by atoms with Gasteiger partial charge in [-0.15, -0.1) is 0 Å². The van der Waals surface area contributed by atoms with E-state index >= 15 is 0 Å². The van der Waals surface area contributed by atoms with Gasteiger partial charge in [0.05, 0.1) is 12.1 Å². The molecule has 0 unspecified atom stereocenters. The lowest BCUT2D eigenvalue weighted by Crippen LogP contribution is -2.40. The van der Waals surface area contributed by atoms with Crippen LogP contribution in [0.1, 0.15) is 48.1 Å².